The normalized spacial score (nSPS) is 14.2. The Balaban J connectivity index is 1.56. The third kappa shape index (κ3) is 3.54. The van der Waals surface area contributed by atoms with Crippen molar-refractivity contribution in [3.8, 4) is 0 Å². The smallest absolute Gasteiger partial charge is 0.234 e. The largest absolute Gasteiger partial charge is 0.325 e. The minimum Gasteiger partial charge on any atom is -0.325 e. The molecule has 0 spiro atoms. The first-order valence-electron chi connectivity index (χ1n) is 6.60. The molecule has 3 rings (SSSR count). The molecule has 1 aromatic heterocycles. The molecule has 2 aromatic rings. The van der Waals surface area contributed by atoms with Crippen LogP contribution < -0.4 is 5.32 Å². The molecule has 0 bridgehead atoms. The Labute approximate surface area is 131 Å². The van der Waals surface area contributed by atoms with Gasteiger partial charge in [0, 0.05) is 10.7 Å². The third-order valence-corrected chi connectivity index (χ3v) is 4.48. The summed E-state index contributed by atoms with van der Waals surface area (Å²) in [6.07, 6.45) is 2.21. The number of thioether (sulfide) groups is 1. The highest BCUT2D eigenvalue weighted by Crippen LogP contribution is 2.36. The van der Waals surface area contributed by atoms with Gasteiger partial charge in [-0.1, -0.05) is 29.4 Å². The van der Waals surface area contributed by atoms with Crippen molar-refractivity contribution in [1.82, 2.24) is 20.2 Å². The van der Waals surface area contributed by atoms with Crippen molar-refractivity contribution >= 4 is 35.0 Å². The molecule has 1 heterocycles. The lowest BCUT2D eigenvalue weighted by Gasteiger charge is -2.06. The van der Waals surface area contributed by atoms with E-state index in [2.05, 4.69) is 20.8 Å². The molecule has 1 N–H and O–H groups in total. The molecule has 6 nitrogen and oxygen atoms in total. The number of nitrogens with zero attached hydrogens (tertiary/aromatic N) is 4. The van der Waals surface area contributed by atoms with Gasteiger partial charge in [-0.25, -0.2) is 4.68 Å². The molecule has 110 valence electrons. The van der Waals surface area contributed by atoms with E-state index in [9.17, 15) is 4.79 Å². The number of hydrogen-bond acceptors (Lipinski definition) is 5. The standard InChI is InChI=1S/C13H14ClN5OS/c1-8-2-3-9(6-11(8)14)15-12(20)7-21-13-16-17-18-19(13)10-4-5-10/h2-3,6,10H,4-5,7H2,1H3,(H,15,20). The van der Waals surface area contributed by atoms with E-state index < -0.39 is 0 Å². The Morgan fingerprint density at radius 2 is 2.33 bits per heavy atom. The predicted molar refractivity (Wildman–Crippen MR) is 81.6 cm³/mol. The van der Waals surface area contributed by atoms with E-state index in [0.29, 0.717) is 21.9 Å². The highest BCUT2D eigenvalue weighted by atomic mass is 35.5. The first-order valence-corrected chi connectivity index (χ1v) is 7.96. The van der Waals surface area contributed by atoms with Crippen molar-refractivity contribution < 1.29 is 4.79 Å². The predicted octanol–water partition coefficient (Wildman–Crippen LogP) is 2.70. The van der Waals surface area contributed by atoms with Crippen LogP contribution in [0.25, 0.3) is 0 Å². The number of carbonyl (C=O) groups is 1. The fourth-order valence-electron chi connectivity index (χ4n) is 1.83. The van der Waals surface area contributed by atoms with Gasteiger partial charge in [0.2, 0.25) is 11.1 Å². The fourth-order valence-corrected chi connectivity index (χ4v) is 2.75. The number of aryl methyl sites for hydroxylation is 1. The molecule has 0 radical (unpaired) electrons. The molecule has 0 saturated heterocycles. The van der Waals surface area contributed by atoms with Crippen molar-refractivity contribution in [2.24, 2.45) is 0 Å². The lowest BCUT2D eigenvalue weighted by Crippen LogP contribution is -2.14. The number of aromatic nitrogens is 4. The number of carbonyl (C=O) groups excluding carboxylic acids is 1. The van der Waals surface area contributed by atoms with Gasteiger partial charge in [-0.15, -0.1) is 5.10 Å². The number of tetrazole rings is 1. The zero-order chi connectivity index (χ0) is 14.8. The van der Waals surface area contributed by atoms with Gasteiger partial charge in [-0.05, 0) is 47.9 Å². The Bertz CT molecular complexity index is 670. The maximum absolute atomic E-state index is 11.9. The summed E-state index contributed by atoms with van der Waals surface area (Å²) in [4.78, 5) is 11.9. The Morgan fingerprint density at radius 1 is 1.52 bits per heavy atom. The van der Waals surface area contributed by atoms with Gasteiger partial charge in [-0.3, -0.25) is 4.79 Å². The summed E-state index contributed by atoms with van der Waals surface area (Å²) < 4.78 is 1.79. The number of hydrogen-bond donors (Lipinski definition) is 1. The number of nitrogens with one attached hydrogen (secondary N) is 1. The quantitative estimate of drug-likeness (QED) is 0.856. The van der Waals surface area contributed by atoms with E-state index in [-0.39, 0.29) is 11.7 Å². The second-order valence-corrected chi connectivity index (χ2v) is 6.29. The number of anilines is 1. The van der Waals surface area contributed by atoms with E-state index in [0.717, 1.165) is 18.4 Å². The van der Waals surface area contributed by atoms with Crippen LogP contribution in [-0.4, -0.2) is 31.9 Å². The van der Waals surface area contributed by atoms with E-state index in [1.807, 2.05) is 19.1 Å². The zero-order valence-electron chi connectivity index (χ0n) is 11.4. The fraction of sp³-hybridized carbons (Fsp3) is 0.385. The van der Waals surface area contributed by atoms with Gasteiger partial charge >= 0.3 is 0 Å². The highest BCUT2D eigenvalue weighted by Gasteiger charge is 2.28. The zero-order valence-corrected chi connectivity index (χ0v) is 13.0. The summed E-state index contributed by atoms with van der Waals surface area (Å²) in [6.45, 7) is 1.92. The number of halogens is 1. The maximum atomic E-state index is 11.9. The topological polar surface area (TPSA) is 72.7 Å². The Hall–Kier alpha value is -1.60. The van der Waals surface area contributed by atoms with E-state index in [1.165, 1.54) is 11.8 Å². The van der Waals surface area contributed by atoms with Crippen LogP contribution in [0, 0.1) is 6.92 Å². The number of amides is 1. The SMILES string of the molecule is Cc1ccc(NC(=O)CSc2nnnn2C2CC2)cc1Cl. The van der Waals surface area contributed by atoms with Crippen LogP contribution in [0.15, 0.2) is 23.4 Å². The van der Waals surface area contributed by atoms with Gasteiger partial charge in [0.25, 0.3) is 0 Å². The molecular formula is C13H14ClN5OS. The lowest BCUT2D eigenvalue weighted by atomic mass is 10.2. The first-order chi connectivity index (χ1) is 10.1. The minimum atomic E-state index is -0.106. The molecule has 1 aliphatic carbocycles. The van der Waals surface area contributed by atoms with Gasteiger partial charge in [0.05, 0.1) is 11.8 Å². The van der Waals surface area contributed by atoms with Crippen LogP contribution in [-0.2, 0) is 4.79 Å². The number of benzene rings is 1. The third-order valence-electron chi connectivity index (χ3n) is 3.14. The van der Waals surface area contributed by atoms with E-state index in [1.54, 1.807) is 10.7 Å². The molecule has 0 aliphatic heterocycles. The maximum Gasteiger partial charge on any atom is 0.234 e. The second kappa shape index (κ2) is 6.03. The van der Waals surface area contributed by atoms with Crippen molar-refractivity contribution in [3.05, 3.63) is 28.8 Å². The van der Waals surface area contributed by atoms with Gasteiger partial charge < -0.3 is 5.32 Å². The highest BCUT2D eigenvalue weighted by molar-refractivity contribution is 7.99. The monoisotopic (exact) mass is 323 g/mol. The molecular weight excluding hydrogens is 310 g/mol. The van der Waals surface area contributed by atoms with Gasteiger partial charge in [-0.2, -0.15) is 0 Å². The molecule has 1 aliphatic rings. The molecule has 1 saturated carbocycles. The van der Waals surface area contributed by atoms with Crippen molar-refractivity contribution in [1.29, 1.82) is 0 Å². The summed E-state index contributed by atoms with van der Waals surface area (Å²) in [6, 6.07) is 5.85. The van der Waals surface area contributed by atoms with E-state index >= 15 is 0 Å². The van der Waals surface area contributed by atoms with Crippen LogP contribution in [0.5, 0.6) is 0 Å². The molecule has 0 unspecified atom stereocenters. The molecule has 1 aromatic carbocycles. The van der Waals surface area contributed by atoms with Crippen molar-refractivity contribution in [2.75, 3.05) is 11.1 Å². The minimum absolute atomic E-state index is 0.106. The van der Waals surface area contributed by atoms with Crippen LogP contribution in [0.4, 0.5) is 5.69 Å². The van der Waals surface area contributed by atoms with Crippen molar-refractivity contribution in [2.45, 2.75) is 31.0 Å². The summed E-state index contributed by atoms with van der Waals surface area (Å²) in [5.74, 6) is 0.156. The van der Waals surface area contributed by atoms with Crippen LogP contribution >= 0.6 is 23.4 Å². The van der Waals surface area contributed by atoms with Gasteiger partial charge in [0.15, 0.2) is 0 Å². The van der Waals surface area contributed by atoms with Gasteiger partial charge in [0.1, 0.15) is 0 Å². The molecule has 1 fully saturated rings. The average Bonchev–Trinajstić information content (AvgIpc) is 3.19. The molecule has 8 heteroatoms. The lowest BCUT2D eigenvalue weighted by molar-refractivity contribution is -0.113. The van der Waals surface area contributed by atoms with Crippen molar-refractivity contribution in [3.63, 3.8) is 0 Å². The van der Waals surface area contributed by atoms with E-state index in [4.69, 9.17) is 11.6 Å². The molecule has 0 atom stereocenters. The molecule has 21 heavy (non-hydrogen) atoms. The summed E-state index contributed by atoms with van der Waals surface area (Å²) in [7, 11) is 0. The van der Waals surface area contributed by atoms with Crippen LogP contribution in [0.1, 0.15) is 24.4 Å². The first kappa shape index (κ1) is 14.3. The average molecular weight is 324 g/mol. The Morgan fingerprint density at radius 3 is 3.05 bits per heavy atom. The summed E-state index contributed by atoms with van der Waals surface area (Å²) >= 11 is 7.37. The van der Waals surface area contributed by atoms with Crippen LogP contribution in [0.2, 0.25) is 5.02 Å². The summed E-state index contributed by atoms with van der Waals surface area (Å²) in [5.41, 5.74) is 1.67. The Kier molecular flexibility index (Phi) is 4.12. The summed E-state index contributed by atoms with van der Waals surface area (Å²) in [5, 5.41) is 15.7. The van der Waals surface area contributed by atoms with Crippen LogP contribution in [0.3, 0.4) is 0 Å². The second-order valence-electron chi connectivity index (χ2n) is 4.94. The molecule has 1 amide bonds. The number of rotatable bonds is 5.